The number of nitrogens with two attached hydrogens (primary N) is 1. The van der Waals surface area contributed by atoms with Crippen LogP contribution >= 0.6 is 19.2 Å². The van der Waals surface area contributed by atoms with Gasteiger partial charge in [0.15, 0.2) is 11.6 Å². The molecule has 7 N–H and O–H groups in total. The van der Waals surface area contributed by atoms with Crippen LogP contribution in [0.25, 0.3) is 0 Å². The van der Waals surface area contributed by atoms with Crippen molar-refractivity contribution in [3.05, 3.63) is 40.6 Å². The molecule has 53 heavy (non-hydrogen) atoms. The second-order valence-corrected chi connectivity index (χ2v) is 16.0. The maximum atomic E-state index is 14.0. The lowest BCUT2D eigenvalue weighted by Crippen LogP contribution is -2.52. The molecule has 294 valence electrons. The Morgan fingerprint density at radius 3 is 2.38 bits per heavy atom. The van der Waals surface area contributed by atoms with Crippen LogP contribution in [0.4, 0.5) is 0 Å². The van der Waals surface area contributed by atoms with E-state index in [-0.39, 0.29) is 31.1 Å². The summed E-state index contributed by atoms with van der Waals surface area (Å²) in [6.07, 6.45) is 2.63. The van der Waals surface area contributed by atoms with Crippen LogP contribution in [0.3, 0.4) is 0 Å². The van der Waals surface area contributed by atoms with Crippen molar-refractivity contribution in [2.75, 3.05) is 13.2 Å². The molecule has 1 aliphatic heterocycles. The number of aromatic nitrogens is 2. The van der Waals surface area contributed by atoms with E-state index in [2.05, 4.69) is 20.1 Å². The standard InChI is InChI=1S/C34H51N6O11PS/c1-20(2)13-27(37-34(47)29-8-5-10-40(29)22(4)42)30(43)15-23(14-24-17-36-19-39(24)11-9-25-7-6-12-53-25)33(46)38-28(18-41)31(44)16-26(32(35)45)21(3)51-52(48,49)50/h6-7,12,17,19-21,23,26-29,41H,5,8-11,13-16,18H2,1-4H3,(H2,35,45)(H,37,47)(H,38,46)(H2,48,49,50)/t21-,23-,26+,27+,28+,29+/m1/s1. The number of hydrogen-bond donors (Lipinski definition) is 6. The molecule has 3 heterocycles. The first kappa shape index (κ1) is 43.6. The van der Waals surface area contributed by atoms with Crippen molar-refractivity contribution in [1.29, 1.82) is 0 Å². The third-order valence-electron chi connectivity index (χ3n) is 9.17. The van der Waals surface area contributed by atoms with E-state index in [0.29, 0.717) is 38.0 Å². The number of aliphatic hydroxyl groups excluding tert-OH is 1. The van der Waals surface area contributed by atoms with E-state index >= 15 is 0 Å². The first-order valence-corrected chi connectivity index (χ1v) is 19.9. The van der Waals surface area contributed by atoms with Crippen LogP contribution in [0.5, 0.6) is 0 Å². The summed E-state index contributed by atoms with van der Waals surface area (Å²) in [4.78, 5) is 104. The molecule has 0 bridgehead atoms. The average Bonchev–Trinajstić information content (AvgIpc) is 3.85. The van der Waals surface area contributed by atoms with Crippen LogP contribution in [0.1, 0.15) is 70.4 Å². The molecule has 0 unspecified atom stereocenters. The van der Waals surface area contributed by atoms with E-state index in [1.807, 2.05) is 35.9 Å². The molecule has 2 aromatic rings. The molecule has 0 aromatic carbocycles. The molecule has 1 aliphatic rings. The number of primary amides is 1. The number of amides is 4. The second kappa shape index (κ2) is 20.0. The lowest BCUT2D eigenvalue weighted by atomic mass is 9.89. The fraction of sp³-hybridized carbons (Fsp3) is 0.618. The summed E-state index contributed by atoms with van der Waals surface area (Å²) < 4.78 is 17.7. The van der Waals surface area contributed by atoms with Gasteiger partial charge in [0.25, 0.3) is 0 Å². The van der Waals surface area contributed by atoms with Crippen molar-refractivity contribution in [2.24, 2.45) is 23.5 Å². The fourth-order valence-corrected chi connectivity index (χ4v) is 7.67. The van der Waals surface area contributed by atoms with Gasteiger partial charge in [-0.1, -0.05) is 19.9 Å². The van der Waals surface area contributed by atoms with Crippen LogP contribution in [0.2, 0.25) is 0 Å². The molecular weight excluding hydrogens is 731 g/mol. The summed E-state index contributed by atoms with van der Waals surface area (Å²) in [7, 11) is -5.05. The number of Topliss-reactive ketones (excluding diaryl/α,β-unsaturated/α-hetero) is 2. The Bertz CT molecular complexity index is 1630. The Kier molecular flexibility index (Phi) is 16.5. The molecule has 17 nitrogen and oxygen atoms in total. The highest BCUT2D eigenvalue weighted by molar-refractivity contribution is 7.46. The maximum absolute atomic E-state index is 14.0. The van der Waals surface area contributed by atoms with Crippen LogP contribution < -0.4 is 16.4 Å². The highest BCUT2D eigenvalue weighted by Gasteiger charge is 2.37. The minimum absolute atomic E-state index is 0.00545. The Morgan fingerprint density at radius 1 is 1.09 bits per heavy atom. The highest BCUT2D eigenvalue weighted by atomic mass is 32.1. The van der Waals surface area contributed by atoms with Gasteiger partial charge in [0, 0.05) is 56.0 Å². The molecule has 0 radical (unpaired) electrons. The van der Waals surface area contributed by atoms with Gasteiger partial charge in [0.2, 0.25) is 23.6 Å². The minimum atomic E-state index is -5.05. The SMILES string of the molecule is CC(=O)N1CCC[C@H]1C(=O)N[C@@H](CC(C)C)C(=O)C[C@@H](Cc1cncn1CCc1cccs1)C(=O)N[C@@H](CO)C(=O)C[C@H](C(N)=O)[C@@H](C)OP(=O)(O)O. The molecule has 6 atom stereocenters. The minimum Gasteiger partial charge on any atom is -0.394 e. The molecule has 4 amide bonds. The van der Waals surface area contributed by atoms with Crippen LogP contribution in [0.15, 0.2) is 30.0 Å². The van der Waals surface area contributed by atoms with Crippen molar-refractivity contribution in [1.82, 2.24) is 25.1 Å². The van der Waals surface area contributed by atoms with Gasteiger partial charge < -0.3 is 40.7 Å². The van der Waals surface area contributed by atoms with Gasteiger partial charge in [-0.15, -0.1) is 11.3 Å². The number of ketones is 2. The molecule has 0 aliphatic carbocycles. The third kappa shape index (κ3) is 13.5. The number of aryl methyl sites for hydroxylation is 2. The largest absolute Gasteiger partial charge is 0.469 e. The average molecular weight is 783 g/mol. The van der Waals surface area contributed by atoms with Crippen molar-refractivity contribution >= 4 is 54.4 Å². The van der Waals surface area contributed by atoms with Gasteiger partial charge in [-0.05, 0) is 50.0 Å². The number of phosphoric ester groups is 1. The molecule has 1 fully saturated rings. The number of likely N-dealkylation sites (tertiary alicyclic amines) is 1. The summed E-state index contributed by atoms with van der Waals surface area (Å²) >= 11 is 1.59. The van der Waals surface area contributed by atoms with E-state index in [1.54, 1.807) is 23.9 Å². The number of aliphatic hydroxyl groups is 1. The summed E-state index contributed by atoms with van der Waals surface area (Å²) in [6, 6.07) is 0.654. The van der Waals surface area contributed by atoms with Crippen molar-refractivity contribution in [3.63, 3.8) is 0 Å². The van der Waals surface area contributed by atoms with Gasteiger partial charge in [-0.2, -0.15) is 0 Å². The fourth-order valence-electron chi connectivity index (χ4n) is 6.39. The maximum Gasteiger partial charge on any atom is 0.469 e. The number of thiophene rings is 1. The van der Waals surface area contributed by atoms with E-state index in [1.165, 1.54) is 11.8 Å². The first-order valence-electron chi connectivity index (χ1n) is 17.5. The summed E-state index contributed by atoms with van der Waals surface area (Å²) in [5.41, 5.74) is 6.00. The molecule has 0 spiro atoms. The predicted octanol–water partition coefficient (Wildman–Crippen LogP) is 0.883. The number of phosphoric acid groups is 1. The topological polar surface area (TPSA) is 261 Å². The van der Waals surface area contributed by atoms with Crippen molar-refractivity contribution in [2.45, 2.75) is 103 Å². The summed E-state index contributed by atoms with van der Waals surface area (Å²) in [6.45, 7) is 6.34. The smallest absolute Gasteiger partial charge is 0.394 e. The quantitative estimate of drug-likeness (QED) is 0.0910. The number of nitrogens with zero attached hydrogens (tertiary/aromatic N) is 3. The van der Waals surface area contributed by atoms with Crippen LogP contribution in [-0.4, -0.2) is 102 Å². The van der Waals surface area contributed by atoms with Gasteiger partial charge in [-0.3, -0.25) is 33.3 Å². The van der Waals surface area contributed by atoms with Gasteiger partial charge >= 0.3 is 7.82 Å². The third-order valence-corrected chi connectivity index (χ3v) is 10.7. The Hall–Kier alpha value is -3.80. The number of nitrogens with one attached hydrogen (secondary N) is 2. The van der Waals surface area contributed by atoms with Crippen LogP contribution in [0, 0.1) is 17.8 Å². The molecule has 2 aromatic heterocycles. The highest BCUT2D eigenvalue weighted by Crippen LogP contribution is 2.39. The number of carbonyl (C=O) groups excluding carboxylic acids is 6. The number of carbonyl (C=O) groups is 6. The van der Waals surface area contributed by atoms with Gasteiger partial charge in [0.05, 0.1) is 36.9 Å². The van der Waals surface area contributed by atoms with Crippen molar-refractivity contribution in [3.8, 4) is 0 Å². The zero-order valence-electron chi connectivity index (χ0n) is 30.4. The Morgan fingerprint density at radius 2 is 1.79 bits per heavy atom. The normalized spacial score (nSPS) is 17.5. The van der Waals surface area contributed by atoms with E-state index in [9.17, 15) is 48.2 Å². The Labute approximate surface area is 312 Å². The van der Waals surface area contributed by atoms with Crippen LogP contribution in [-0.2, 0) is 57.2 Å². The number of hydrogen-bond acceptors (Lipinski definition) is 11. The van der Waals surface area contributed by atoms with E-state index < -0.39 is 86.2 Å². The molecule has 0 saturated carbocycles. The van der Waals surface area contributed by atoms with Crippen molar-refractivity contribution < 1.29 is 52.7 Å². The second-order valence-electron chi connectivity index (χ2n) is 13.8. The zero-order chi connectivity index (χ0) is 39.5. The summed E-state index contributed by atoms with van der Waals surface area (Å²) in [5.74, 6) is -6.55. The number of imidazole rings is 1. The molecule has 1 saturated heterocycles. The molecular formula is C34H51N6O11PS. The summed E-state index contributed by atoms with van der Waals surface area (Å²) in [5, 5.41) is 17.4. The predicted molar refractivity (Wildman–Crippen MR) is 193 cm³/mol. The Balaban J connectivity index is 1.86. The lowest BCUT2D eigenvalue weighted by Gasteiger charge is -2.27. The zero-order valence-corrected chi connectivity index (χ0v) is 32.1. The number of rotatable bonds is 22. The first-order chi connectivity index (χ1) is 24.9. The lowest BCUT2D eigenvalue weighted by molar-refractivity contribution is -0.138. The van der Waals surface area contributed by atoms with Gasteiger partial charge in [0.1, 0.15) is 12.1 Å². The molecule has 19 heteroatoms. The van der Waals surface area contributed by atoms with Gasteiger partial charge in [-0.25, -0.2) is 9.55 Å². The van der Waals surface area contributed by atoms with E-state index in [0.717, 1.165) is 11.8 Å². The molecule has 3 rings (SSSR count). The monoisotopic (exact) mass is 782 g/mol. The van der Waals surface area contributed by atoms with E-state index in [4.69, 9.17) is 5.73 Å².